The molecular formula is C62H59N4OPt-3. The molecule has 0 saturated heterocycles. The molecular weight excluding hydrogens is 1010 g/mol. The van der Waals surface area contributed by atoms with Crippen LogP contribution in [0.4, 0.5) is 22.7 Å². The first-order valence-corrected chi connectivity index (χ1v) is 23.9. The summed E-state index contributed by atoms with van der Waals surface area (Å²) < 4.78 is 9.07. The molecule has 0 unspecified atom stereocenters. The van der Waals surface area contributed by atoms with Gasteiger partial charge in [0.2, 0.25) is 0 Å². The number of anilines is 4. The van der Waals surface area contributed by atoms with E-state index in [2.05, 4.69) is 228 Å². The van der Waals surface area contributed by atoms with Crippen LogP contribution in [0.3, 0.4) is 0 Å². The van der Waals surface area contributed by atoms with Crippen molar-refractivity contribution in [3.05, 3.63) is 199 Å². The third-order valence-electron chi connectivity index (χ3n) is 13.1. The Labute approximate surface area is 417 Å². The molecule has 346 valence electrons. The van der Waals surface area contributed by atoms with Gasteiger partial charge < -0.3 is 19.1 Å². The van der Waals surface area contributed by atoms with Gasteiger partial charge in [-0.25, -0.2) is 4.98 Å². The molecule has 1 aliphatic rings. The Balaban J connectivity index is 0.00000578. The fraction of sp³-hybridized carbons (Fsp3) is 0.226. The van der Waals surface area contributed by atoms with Crippen LogP contribution in [0.1, 0.15) is 90.5 Å². The maximum absolute atomic E-state index is 6.78. The van der Waals surface area contributed by atoms with Gasteiger partial charge in [-0.3, -0.25) is 0 Å². The molecule has 0 radical (unpaired) electrons. The van der Waals surface area contributed by atoms with Gasteiger partial charge in [0.05, 0.1) is 0 Å². The van der Waals surface area contributed by atoms with E-state index in [0.717, 1.165) is 87.4 Å². The first-order valence-electron chi connectivity index (χ1n) is 23.9. The van der Waals surface area contributed by atoms with E-state index >= 15 is 0 Å². The Morgan fingerprint density at radius 1 is 0.588 bits per heavy atom. The Kier molecular flexibility index (Phi) is 13.0. The number of aromatic nitrogens is 2. The zero-order valence-electron chi connectivity index (χ0n) is 40.4. The maximum atomic E-state index is 6.78. The van der Waals surface area contributed by atoms with Gasteiger partial charge in [0.15, 0.2) is 0 Å². The number of ether oxygens (including phenoxy) is 1. The van der Waals surface area contributed by atoms with Crippen LogP contribution in [0.25, 0.3) is 49.9 Å². The third-order valence-corrected chi connectivity index (χ3v) is 13.1. The normalized spacial score (nSPS) is 12.7. The van der Waals surface area contributed by atoms with Gasteiger partial charge in [0.25, 0.3) is 0 Å². The average molecular weight is 1070 g/mol. The van der Waals surface area contributed by atoms with Crippen LogP contribution >= 0.6 is 0 Å². The fourth-order valence-electron chi connectivity index (χ4n) is 9.75. The number of para-hydroxylation sites is 3. The fourth-order valence-corrected chi connectivity index (χ4v) is 9.75. The topological polar surface area (TPSA) is 33.5 Å². The number of aryl methyl sites for hydroxylation is 2. The number of rotatable bonds is 11. The molecule has 3 heterocycles. The molecule has 2 aromatic heterocycles. The van der Waals surface area contributed by atoms with E-state index < -0.39 is 0 Å². The zero-order valence-corrected chi connectivity index (χ0v) is 42.7. The summed E-state index contributed by atoms with van der Waals surface area (Å²) in [7, 11) is 0. The molecule has 0 aliphatic carbocycles. The summed E-state index contributed by atoms with van der Waals surface area (Å²) in [4.78, 5) is 9.56. The molecule has 7 aromatic carbocycles. The van der Waals surface area contributed by atoms with E-state index in [0.29, 0.717) is 11.5 Å². The van der Waals surface area contributed by atoms with E-state index in [1.54, 1.807) is 0 Å². The van der Waals surface area contributed by atoms with Crippen LogP contribution in [0.5, 0.6) is 11.5 Å². The third kappa shape index (κ3) is 8.78. The Hall–Kier alpha value is -6.42. The van der Waals surface area contributed by atoms with Gasteiger partial charge >= 0.3 is 0 Å². The summed E-state index contributed by atoms with van der Waals surface area (Å²) in [6.45, 7) is 20.3. The molecule has 0 saturated carbocycles. The molecule has 0 spiro atoms. The minimum atomic E-state index is -0.0348. The molecule has 0 bridgehead atoms. The van der Waals surface area contributed by atoms with E-state index in [-0.39, 0.29) is 31.9 Å². The molecule has 10 rings (SSSR count). The van der Waals surface area contributed by atoms with Crippen molar-refractivity contribution in [1.29, 1.82) is 0 Å². The Morgan fingerprint density at radius 2 is 1.24 bits per heavy atom. The molecule has 0 N–H and O–H groups in total. The van der Waals surface area contributed by atoms with Gasteiger partial charge in [-0.05, 0) is 92.8 Å². The minimum absolute atomic E-state index is 0. The van der Waals surface area contributed by atoms with Crippen molar-refractivity contribution in [1.82, 2.24) is 9.55 Å². The van der Waals surface area contributed by atoms with Crippen LogP contribution in [0.2, 0.25) is 0 Å². The van der Waals surface area contributed by atoms with Gasteiger partial charge in [0, 0.05) is 72.5 Å². The second-order valence-electron chi connectivity index (χ2n) is 19.9. The predicted molar refractivity (Wildman–Crippen MR) is 280 cm³/mol. The van der Waals surface area contributed by atoms with Crippen LogP contribution in [0.15, 0.2) is 158 Å². The number of benzene rings is 7. The predicted octanol–water partition coefficient (Wildman–Crippen LogP) is 16.8. The van der Waals surface area contributed by atoms with Crippen molar-refractivity contribution < 1.29 is 25.8 Å². The largest absolute Gasteiger partial charge is 0.509 e. The van der Waals surface area contributed by atoms with Crippen molar-refractivity contribution in [3.8, 4) is 39.6 Å². The Morgan fingerprint density at radius 3 is 1.97 bits per heavy atom. The Bertz CT molecular complexity index is 3260. The van der Waals surface area contributed by atoms with Gasteiger partial charge in [-0.15, -0.1) is 48.1 Å². The number of pyridine rings is 1. The molecule has 9 aromatic rings. The summed E-state index contributed by atoms with van der Waals surface area (Å²) in [5, 5.41) is 2.45. The van der Waals surface area contributed by atoms with Crippen molar-refractivity contribution in [3.63, 3.8) is 0 Å². The maximum Gasteiger partial charge on any atom is 0.135 e. The molecule has 1 aliphatic heterocycles. The van der Waals surface area contributed by atoms with Crippen LogP contribution in [0, 0.1) is 18.8 Å². The summed E-state index contributed by atoms with van der Waals surface area (Å²) in [6, 6.07) is 61.8. The molecule has 68 heavy (non-hydrogen) atoms. The van der Waals surface area contributed by atoms with Gasteiger partial charge in [0.1, 0.15) is 5.82 Å². The van der Waals surface area contributed by atoms with Crippen LogP contribution < -0.4 is 14.5 Å². The SMILES string of the molecule is CCCc1ccc2c(c1CCC)c1ccc(Oc3[c-]c(N4[CH-]N(c5c(-c6ccccc6)cccc5-c5cccc(C(C)(C)C)c5)c5ccccc54)ccc3)[c-]c1n2-c1cc(C(C)(C)C)ccn1.[Pt]. The van der Waals surface area contributed by atoms with E-state index in [4.69, 9.17) is 9.72 Å². The number of fused-ring (bicyclic) bond motifs is 4. The molecule has 0 amide bonds. The van der Waals surface area contributed by atoms with Crippen molar-refractivity contribution in [2.75, 3.05) is 9.80 Å². The molecule has 5 nitrogen and oxygen atoms in total. The van der Waals surface area contributed by atoms with Crippen LogP contribution in [-0.4, -0.2) is 9.55 Å². The summed E-state index contributed by atoms with van der Waals surface area (Å²) in [5.41, 5.74) is 16.2. The minimum Gasteiger partial charge on any atom is -0.509 e. The molecule has 0 atom stereocenters. The molecule has 0 fully saturated rings. The number of hydrogen-bond donors (Lipinski definition) is 0. The van der Waals surface area contributed by atoms with Crippen molar-refractivity contribution in [2.45, 2.75) is 91.9 Å². The van der Waals surface area contributed by atoms with E-state index in [1.807, 2.05) is 18.3 Å². The number of nitrogens with zero attached hydrogens (tertiary/aromatic N) is 4. The van der Waals surface area contributed by atoms with Crippen molar-refractivity contribution >= 4 is 44.6 Å². The second-order valence-corrected chi connectivity index (χ2v) is 19.9. The summed E-state index contributed by atoms with van der Waals surface area (Å²) in [6.07, 6.45) is 6.17. The number of hydrogen-bond acceptors (Lipinski definition) is 4. The second kappa shape index (κ2) is 18.9. The smallest absolute Gasteiger partial charge is 0.135 e. The monoisotopic (exact) mass is 1070 g/mol. The van der Waals surface area contributed by atoms with Gasteiger partial charge in [-0.2, -0.15) is 12.1 Å². The first kappa shape index (κ1) is 46.7. The zero-order chi connectivity index (χ0) is 46.5. The van der Waals surface area contributed by atoms with Crippen LogP contribution in [-0.2, 0) is 44.7 Å². The van der Waals surface area contributed by atoms with Crippen molar-refractivity contribution in [2.24, 2.45) is 0 Å². The quantitative estimate of drug-likeness (QED) is 0.121. The molecule has 6 heteroatoms. The average Bonchev–Trinajstić information content (AvgIpc) is 3.88. The van der Waals surface area contributed by atoms with Gasteiger partial charge in [-0.1, -0.05) is 165 Å². The first-order chi connectivity index (χ1) is 32.4. The van der Waals surface area contributed by atoms with E-state index in [9.17, 15) is 0 Å². The van der Waals surface area contributed by atoms with E-state index in [1.165, 1.54) is 33.2 Å². The summed E-state index contributed by atoms with van der Waals surface area (Å²) >= 11 is 0. The standard InChI is InChI=1S/C62H59N4O.Pt/c1-9-19-42-31-34-56-59(50(42)20-10-2)53-33-32-49(40-57(53)66(56)58-38-46(35-36-63-58)62(6,7)8)67-48-26-17-25-47(39-48)64-41-65(55-30-15-14-29-54(55)64)60-51(43-21-12-11-13-22-43)27-18-28-52(60)44-23-16-24-45(37-44)61(3,4)5;/h11-18,21-38,41H,9-10,19-20H2,1-8H3;/q-3;. The summed E-state index contributed by atoms with van der Waals surface area (Å²) in [5.74, 6) is 2.11.